The van der Waals surface area contributed by atoms with Gasteiger partial charge in [-0.3, -0.25) is 0 Å². The van der Waals surface area contributed by atoms with Crippen LogP contribution in [0.1, 0.15) is 63.0 Å². The first-order chi connectivity index (χ1) is 13.5. The summed E-state index contributed by atoms with van der Waals surface area (Å²) in [4.78, 5) is 0. The Kier molecular flexibility index (Phi) is 8.14. The third-order valence-corrected chi connectivity index (χ3v) is 5.31. The second-order valence-corrected chi connectivity index (χ2v) is 7.60. The molecule has 8 heteroatoms. The van der Waals surface area contributed by atoms with Crippen LogP contribution in [0, 0.1) is 23.5 Å². The van der Waals surface area contributed by atoms with Gasteiger partial charge in [-0.05, 0) is 62.1 Å². The molecule has 1 aromatic carbocycles. The predicted molar refractivity (Wildman–Crippen MR) is 95.2 cm³/mol. The zero-order chi connectivity index (χ0) is 21.7. The predicted octanol–water partition coefficient (Wildman–Crippen LogP) is 7.65. The second-order valence-electron chi connectivity index (χ2n) is 7.60. The summed E-state index contributed by atoms with van der Waals surface area (Å²) in [5.74, 6) is -3.40. The van der Waals surface area contributed by atoms with Gasteiger partial charge in [0.15, 0.2) is 0 Å². The van der Waals surface area contributed by atoms with Crippen molar-refractivity contribution < 1.29 is 35.5 Å². The minimum atomic E-state index is -5.21. The van der Waals surface area contributed by atoms with Crippen LogP contribution in [0.5, 0.6) is 0 Å². The van der Waals surface area contributed by atoms with E-state index in [1.165, 1.54) is 0 Å². The standard InChI is InChI=1S/C21H25F7O/c1-2-3-4-5-14-6-8-15(9-7-14)12-20(24,25)29-13-16-10-17(22)19(18(23)11-16)21(26,27)28/h2-3,10-11,14-15H,4-9,12-13H2,1H3. The summed E-state index contributed by atoms with van der Waals surface area (Å²) >= 11 is 0. The molecule has 0 aromatic heterocycles. The molecule has 0 bridgehead atoms. The molecule has 1 aliphatic rings. The molecule has 29 heavy (non-hydrogen) atoms. The molecule has 0 unspecified atom stereocenters. The van der Waals surface area contributed by atoms with Gasteiger partial charge in [0.05, 0.1) is 6.61 Å². The molecule has 0 atom stereocenters. The molecule has 1 aliphatic carbocycles. The third-order valence-electron chi connectivity index (χ3n) is 5.31. The average Bonchev–Trinajstić information content (AvgIpc) is 2.60. The van der Waals surface area contributed by atoms with Crippen molar-refractivity contribution in [3.63, 3.8) is 0 Å². The molecule has 1 aromatic rings. The van der Waals surface area contributed by atoms with E-state index >= 15 is 0 Å². The van der Waals surface area contributed by atoms with Gasteiger partial charge in [0.25, 0.3) is 0 Å². The van der Waals surface area contributed by atoms with Crippen LogP contribution in [0.3, 0.4) is 0 Å². The molecule has 2 rings (SSSR count). The van der Waals surface area contributed by atoms with Gasteiger partial charge in [-0.2, -0.15) is 22.0 Å². The van der Waals surface area contributed by atoms with Gasteiger partial charge in [-0.25, -0.2) is 8.78 Å². The summed E-state index contributed by atoms with van der Waals surface area (Å²) in [6.07, 6.45) is -0.103. The quantitative estimate of drug-likeness (QED) is 0.306. The van der Waals surface area contributed by atoms with E-state index in [0.29, 0.717) is 30.9 Å². The molecular formula is C21H25F7O. The molecule has 0 aliphatic heterocycles. The summed E-state index contributed by atoms with van der Waals surface area (Å²) < 4.78 is 97.5. The highest BCUT2D eigenvalue weighted by atomic mass is 19.4. The van der Waals surface area contributed by atoms with Crippen LogP contribution in [0.2, 0.25) is 0 Å². The number of allylic oxidation sites excluding steroid dienone is 2. The van der Waals surface area contributed by atoms with Crippen LogP contribution < -0.4 is 0 Å². The van der Waals surface area contributed by atoms with E-state index in [9.17, 15) is 30.7 Å². The summed E-state index contributed by atoms with van der Waals surface area (Å²) in [5.41, 5.74) is -2.46. The van der Waals surface area contributed by atoms with E-state index in [4.69, 9.17) is 0 Å². The van der Waals surface area contributed by atoms with Crippen molar-refractivity contribution in [3.8, 4) is 0 Å². The number of benzene rings is 1. The minimum Gasteiger partial charge on any atom is -0.316 e. The van der Waals surface area contributed by atoms with Crippen LogP contribution in [-0.4, -0.2) is 6.11 Å². The number of hydrogen-bond donors (Lipinski definition) is 0. The summed E-state index contributed by atoms with van der Waals surface area (Å²) in [5, 5.41) is 0. The van der Waals surface area contributed by atoms with Crippen molar-refractivity contribution in [2.75, 3.05) is 0 Å². The maximum atomic E-state index is 14.1. The fraction of sp³-hybridized carbons (Fsp3) is 0.619. The molecule has 0 saturated heterocycles. The SMILES string of the molecule is CC=CCCC1CCC(CC(F)(F)OCc2cc(F)c(C(F)(F)F)c(F)c2)CC1. The van der Waals surface area contributed by atoms with Gasteiger partial charge in [0.1, 0.15) is 17.2 Å². The third kappa shape index (κ3) is 7.32. The van der Waals surface area contributed by atoms with E-state index in [0.717, 1.165) is 25.7 Å². The zero-order valence-corrected chi connectivity index (χ0v) is 16.2. The molecule has 1 nitrogen and oxygen atoms in total. The van der Waals surface area contributed by atoms with Gasteiger partial charge in [0.2, 0.25) is 0 Å². The maximum absolute atomic E-state index is 14.1. The highest BCUT2D eigenvalue weighted by molar-refractivity contribution is 5.28. The van der Waals surface area contributed by atoms with E-state index in [2.05, 4.69) is 10.8 Å². The number of rotatable bonds is 8. The van der Waals surface area contributed by atoms with Crippen molar-refractivity contribution >= 4 is 0 Å². The van der Waals surface area contributed by atoms with Crippen LogP contribution in [0.15, 0.2) is 24.3 Å². The monoisotopic (exact) mass is 426 g/mol. The number of ether oxygens (including phenoxy) is 1. The van der Waals surface area contributed by atoms with Crippen molar-refractivity contribution in [3.05, 3.63) is 47.0 Å². The molecule has 1 fully saturated rings. The van der Waals surface area contributed by atoms with Crippen LogP contribution >= 0.6 is 0 Å². The average molecular weight is 426 g/mol. The lowest BCUT2D eigenvalue weighted by atomic mass is 9.78. The Labute approximate surface area is 165 Å². The van der Waals surface area contributed by atoms with Crippen molar-refractivity contribution in [1.82, 2.24) is 0 Å². The Morgan fingerprint density at radius 1 is 0.966 bits per heavy atom. The first-order valence-corrected chi connectivity index (χ1v) is 9.70. The Bertz CT molecular complexity index is 666. The fourth-order valence-electron chi connectivity index (χ4n) is 3.79. The van der Waals surface area contributed by atoms with Gasteiger partial charge in [0, 0.05) is 6.42 Å². The van der Waals surface area contributed by atoms with E-state index in [-0.39, 0.29) is 5.92 Å². The zero-order valence-electron chi connectivity index (χ0n) is 16.2. The van der Waals surface area contributed by atoms with Crippen LogP contribution in [0.4, 0.5) is 30.7 Å². The first kappa shape index (κ1) is 23.7. The van der Waals surface area contributed by atoms with Crippen molar-refractivity contribution in [2.45, 2.75) is 70.8 Å². The smallest absolute Gasteiger partial charge is 0.316 e. The largest absolute Gasteiger partial charge is 0.422 e. The van der Waals surface area contributed by atoms with Gasteiger partial charge >= 0.3 is 12.3 Å². The molecule has 1 saturated carbocycles. The Balaban J connectivity index is 1.86. The number of halogens is 7. The second kappa shape index (κ2) is 9.96. The highest BCUT2D eigenvalue weighted by Crippen LogP contribution is 2.38. The molecule has 0 radical (unpaired) electrons. The van der Waals surface area contributed by atoms with Gasteiger partial charge in [-0.15, -0.1) is 0 Å². The summed E-state index contributed by atoms with van der Waals surface area (Å²) in [7, 11) is 0. The van der Waals surface area contributed by atoms with Gasteiger partial charge in [-0.1, -0.05) is 25.0 Å². The molecule has 0 spiro atoms. The molecule has 0 amide bonds. The Hall–Kier alpha value is -1.57. The molecule has 0 heterocycles. The first-order valence-electron chi connectivity index (χ1n) is 9.70. The van der Waals surface area contributed by atoms with E-state index in [1.807, 2.05) is 13.0 Å². The topological polar surface area (TPSA) is 9.23 Å². The molecular weight excluding hydrogens is 401 g/mol. The number of hydrogen-bond acceptors (Lipinski definition) is 1. The Morgan fingerprint density at radius 2 is 1.52 bits per heavy atom. The van der Waals surface area contributed by atoms with Gasteiger partial charge < -0.3 is 4.74 Å². The maximum Gasteiger partial charge on any atom is 0.422 e. The Morgan fingerprint density at radius 3 is 2.03 bits per heavy atom. The highest BCUT2D eigenvalue weighted by Gasteiger charge is 2.39. The normalized spacial score (nSPS) is 21.1. The number of alkyl halides is 5. The molecule has 0 N–H and O–H groups in total. The minimum absolute atomic E-state index is 0.218. The lowest BCUT2D eigenvalue weighted by molar-refractivity contribution is -0.256. The van der Waals surface area contributed by atoms with E-state index < -0.39 is 48.1 Å². The van der Waals surface area contributed by atoms with Crippen LogP contribution in [-0.2, 0) is 17.5 Å². The lowest BCUT2D eigenvalue weighted by Gasteiger charge is -2.30. The summed E-state index contributed by atoms with van der Waals surface area (Å²) in [6, 6.07) is 0.746. The fourth-order valence-corrected chi connectivity index (χ4v) is 3.79. The summed E-state index contributed by atoms with van der Waals surface area (Å²) in [6.45, 7) is 1.07. The van der Waals surface area contributed by atoms with E-state index in [1.54, 1.807) is 0 Å². The van der Waals surface area contributed by atoms with Crippen molar-refractivity contribution in [2.24, 2.45) is 11.8 Å². The van der Waals surface area contributed by atoms with Crippen LogP contribution in [0.25, 0.3) is 0 Å². The van der Waals surface area contributed by atoms with Crippen molar-refractivity contribution in [1.29, 1.82) is 0 Å². The lowest BCUT2D eigenvalue weighted by Crippen LogP contribution is -2.27. The molecule has 164 valence electrons.